The number of carbonyl (C=O) groups is 2. The van der Waals surface area contributed by atoms with E-state index in [2.05, 4.69) is 5.32 Å². The third-order valence-corrected chi connectivity index (χ3v) is 8.17. The Hall–Kier alpha value is -3.65. The van der Waals surface area contributed by atoms with Crippen LogP contribution in [0.2, 0.25) is 0 Å². The first-order valence-electron chi connectivity index (χ1n) is 13.1. The number of aryl methyl sites for hydroxylation is 2. The Balaban J connectivity index is 2.01. The van der Waals surface area contributed by atoms with Gasteiger partial charge in [-0.1, -0.05) is 60.7 Å². The Bertz CT molecular complexity index is 1380. The first-order chi connectivity index (χ1) is 18.3. The smallest absolute Gasteiger partial charge is 0.264 e. The molecule has 0 heterocycles. The highest BCUT2D eigenvalue weighted by Gasteiger charge is 2.33. The number of anilines is 1. The second kappa shape index (κ2) is 12.5. The summed E-state index contributed by atoms with van der Waals surface area (Å²) in [5.41, 5.74) is 2.56. The highest BCUT2D eigenvalue weighted by molar-refractivity contribution is 7.92. The first kappa shape index (κ1) is 29.9. The molecular weight excluding hydrogens is 510 g/mol. The van der Waals surface area contributed by atoms with Crippen molar-refractivity contribution in [3.05, 3.63) is 95.6 Å². The van der Waals surface area contributed by atoms with Crippen LogP contribution in [-0.2, 0) is 26.0 Å². The van der Waals surface area contributed by atoms with Crippen molar-refractivity contribution in [1.29, 1.82) is 0 Å². The lowest BCUT2D eigenvalue weighted by Gasteiger charge is -2.34. The van der Waals surface area contributed by atoms with Crippen LogP contribution in [0.5, 0.6) is 0 Å². The fourth-order valence-corrected chi connectivity index (χ4v) is 5.76. The quantitative estimate of drug-likeness (QED) is 0.391. The predicted molar refractivity (Wildman–Crippen MR) is 156 cm³/mol. The van der Waals surface area contributed by atoms with Crippen LogP contribution < -0.4 is 9.62 Å². The van der Waals surface area contributed by atoms with E-state index in [1.165, 1.54) is 17.0 Å². The Morgan fingerprint density at radius 2 is 1.49 bits per heavy atom. The maximum atomic E-state index is 14.0. The van der Waals surface area contributed by atoms with Crippen molar-refractivity contribution in [3.63, 3.8) is 0 Å². The van der Waals surface area contributed by atoms with Gasteiger partial charge in [-0.3, -0.25) is 13.9 Å². The van der Waals surface area contributed by atoms with Crippen molar-refractivity contribution in [1.82, 2.24) is 10.2 Å². The molecule has 0 bridgehead atoms. The number of hydrogen-bond donors (Lipinski definition) is 1. The van der Waals surface area contributed by atoms with E-state index in [0.29, 0.717) is 12.1 Å². The van der Waals surface area contributed by atoms with Gasteiger partial charge in [-0.15, -0.1) is 0 Å². The van der Waals surface area contributed by atoms with Crippen LogP contribution in [0.15, 0.2) is 83.8 Å². The van der Waals surface area contributed by atoms with E-state index in [0.717, 1.165) is 21.0 Å². The van der Waals surface area contributed by atoms with Gasteiger partial charge in [0.25, 0.3) is 10.0 Å². The van der Waals surface area contributed by atoms with Gasteiger partial charge in [0.1, 0.15) is 12.6 Å². The standard InChI is InChI=1S/C31H39N3O4S/c1-23-17-18-24(2)28(21-23)34(39(37,38)27-15-11-8-12-16-27)22-29(35)33(20-19-26-13-9-7-10-14-26)25(3)30(36)32-31(4,5)6/h7-18,21,25H,19-20,22H2,1-6H3,(H,32,36). The zero-order valence-corrected chi connectivity index (χ0v) is 24.5. The minimum absolute atomic E-state index is 0.0908. The molecule has 2 amide bonds. The van der Waals surface area contributed by atoms with Gasteiger partial charge in [-0.2, -0.15) is 0 Å². The molecular formula is C31H39N3O4S. The number of carbonyl (C=O) groups excluding carboxylic acids is 2. The van der Waals surface area contributed by atoms with E-state index in [4.69, 9.17) is 0 Å². The van der Waals surface area contributed by atoms with Gasteiger partial charge in [0.2, 0.25) is 11.8 Å². The molecule has 0 saturated carbocycles. The molecule has 0 aliphatic rings. The third-order valence-electron chi connectivity index (χ3n) is 6.39. The third kappa shape index (κ3) is 7.93. The number of hydrogen-bond acceptors (Lipinski definition) is 4. The van der Waals surface area contributed by atoms with E-state index < -0.39 is 34.1 Å². The van der Waals surface area contributed by atoms with E-state index in [1.54, 1.807) is 31.2 Å². The molecule has 1 unspecified atom stereocenters. The van der Waals surface area contributed by atoms with E-state index >= 15 is 0 Å². The molecule has 0 aromatic heterocycles. The molecule has 8 heteroatoms. The maximum Gasteiger partial charge on any atom is 0.264 e. The number of rotatable bonds is 10. The van der Waals surface area contributed by atoms with Crippen molar-refractivity contribution >= 4 is 27.5 Å². The van der Waals surface area contributed by atoms with Crippen molar-refractivity contribution in [3.8, 4) is 0 Å². The number of nitrogens with zero attached hydrogens (tertiary/aromatic N) is 2. The fourth-order valence-electron chi connectivity index (χ4n) is 4.27. The number of benzene rings is 3. The summed E-state index contributed by atoms with van der Waals surface area (Å²) in [7, 11) is -4.08. The van der Waals surface area contributed by atoms with Gasteiger partial charge in [0.15, 0.2) is 0 Å². The van der Waals surface area contributed by atoms with Gasteiger partial charge < -0.3 is 10.2 Å². The molecule has 3 aromatic rings. The molecule has 0 fully saturated rings. The van der Waals surface area contributed by atoms with Gasteiger partial charge in [0.05, 0.1) is 10.6 Å². The average Bonchev–Trinajstić information content (AvgIpc) is 2.89. The van der Waals surface area contributed by atoms with Gasteiger partial charge in [0, 0.05) is 12.1 Å². The molecule has 1 atom stereocenters. The molecule has 0 radical (unpaired) electrons. The summed E-state index contributed by atoms with van der Waals surface area (Å²) in [6, 6.07) is 22.5. The largest absolute Gasteiger partial charge is 0.350 e. The van der Waals surface area contributed by atoms with E-state index in [9.17, 15) is 18.0 Å². The summed E-state index contributed by atoms with van der Waals surface area (Å²) in [4.78, 5) is 28.7. The maximum absolute atomic E-state index is 14.0. The van der Waals surface area contributed by atoms with Crippen LogP contribution in [0, 0.1) is 13.8 Å². The number of amides is 2. The molecule has 7 nitrogen and oxygen atoms in total. The molecule has 0 aliphatic heterocycles. The fraction of sp³-hybridized carbons (Fsp3) is 0.355. The first-order valence-corrected chi connectivity index (χ1v) is 14.5. The summed E-state index contributed by atoms with van der Waals surface area (Å²) in [5.74, 6) is -0.754. The van der Waals surface area contributed by atoms with Crippen molar-refractivity contribution < 1.29 is 18.0 Å². The van der Waals surface area contributed by atoms with Crippen molar-refractivity contribution in [2.75, 3.05) is 17.4 Å². The molecule has 0 spiro atoms. The normalized spacial score (nSPS) is 12.5. The molecule has 0 aliphatic carbocycles. The molecule has 3 rings (SSSR count). The SMILES string of the molecule is Cc1ccc(C)c(N(CC(=O)N(CCc2ccccc2)C(C)C(=O)NC(C)(C)C)S(=O)(=O)c2ccccc2)c1. The summed E-state index contributed by atoms with van der Waals surface area (Å²) in [6.07, 6.45) is 0.522. The van der Waals surface area contributed by atoms with Crippen LogP contribution in [0.1, 0.15) is 44.4 Å². The number of nitrogens with one attached hydrogen (secondary N) is 1. The van der Waals surface area contributed by atoms with Crippen LogP contribution in [0.25, 0.3) is 0 Å². The lowest BCUT2D eigenvalue weighted by Crippen LogP contribution is -2.55. The summed E-state index contributed by atoms with van der Waals surface area (Å²) < 4.78 is 29.0. The number of sulfonamides is 1. The molecule has 1 N–H and O–H groups in total. The van der Waals surface area contributed by atoms with Gasteiger partial charge >= 0.3 is 0 Å². The Morgan fingerprint density at radius 3 is 2.08 bits per heavy atom. The van der Waals surface area contributed by atoms with E-state index in [-0.39, 0.29) is 17.3 Å². The average molecular weight is 550 g/mol. The zero-order chi connectivity index (χ0) is 28.8. The van der Waals surface area contributed by atoms with Crippen LogP contribution >= 0.6 is 0 Å². The Morgan fingerprint density at radius 1 is 0.897 bits per heavy atom. The predicted octanol–water partition coefficient (Wildman–Crippen LogP) is 4.87. The zero-order valence-electron chi connectivity index (χ0n) is 23.6. The summed E-state index contributed by atoms with van der Waals surface area (Å²) in [5, 5.41) is 2.95. The Kier molecular flexibility index (Phi) is 9.56. The van der Waals surface area contributed by atoms with Crippen LogP contribution in [0.4, 0.5) is 5.69 Å². The second-order valence-corrected chi connectivity index (χ2v) is 12.7. The lowest BCUT2D eigenvalue weighted by atomic mass is 10.1. The van der Waals surface area contributed by atoms with Crippen molar-refractivity contribution in [2.45, 2.75) is 64.4 Å². The molecule has 208 valence electrons. The van der Waals surface area contributed by atoms with Crippen LogP contribution in [-0.4, -0.2) is 49.8 Å². The van der Waals surface area contributed by atoms with Crippen molar-refractivity contribution in [2.24, 2.45) is 0 Å². The second-order valence-electron chi connectivity index (χ2n) is 10.9. The summed E-state index contributed by atoms with van der Waals surface area (Å²) in [6.45, 7) is 10.8. The minimum Gasteiger partial charge on any atom is -0.350 e. The monoisotopic (exact) mass is 549 g/mol. The summed E-state index contributed by atoms with van der Waals surface area (Å²) >= 11 is 0. The lowest BCUT2D eigenvalue weighted by molar-refractivity contribution is -0.139. The Labute approximate surface area is 232 Å². The minimum atomic E-state index is -4.08. The topological polar surface area (TPSA) is 86.8 Å². The molecule has 0 saturated heterocycles. The molecule has 3 aromatic carbocycles. The highest BCUT2D eigenvalue weighted by Crippen LogP contribution is 2.28. The molecule has 39 heavy (non-hydrogen) atoms. The van der Waals surface area contributed by atoms with Gasteiger partial charge in [-0.25, -0.2) is 8.42 Å². The highest BCUT2D eigenvalue weighted by atomic mass is 32.2. The van der Waals surface area contributed by atoms with Gasteiger partial charge in [-0.05, 0) is 82.9 Å². The van der Waals surface area contributed by atoms with E-state index in [1.807, 2.05) is 77.1 Å². The van der Waals surface area contributed by atoms with Crippen LogP contribution in [0.3, 0.4) is 0 Å².